The summed E-state index contributed by atoms with van der Waals surface area (Å²) in [5, 5.41) is 6.14. The van der Waals surface area contributed by atoms with Gasteiger partial charge in [-0.05, 0) is 37.1 Å². The summed E-state index contributed by atoms with van der Waals surface area (Å²) in [6, 6.07) is 17.3. The van der Waals surface area contributed by atoms with E-state index in [0.29, 0.717) is 18.7 Å². The number of carbonyl (C=O) groups excluding carboxylic acids is 1. The molecule has 0 heterocycles. The second kappa shape index (κ2) is 15.5. The fourth-order valence-corrected chi connectivity index (χ4v) is 2.00. The van der Waals surface area contributed by atoms with E-state index < -0.39 is 0 Å². The number of nitrogens with two attached hydrogens (primary N) is 1. The van der Waals surface area contributed by atoms with Crippen molar-refractivity contribution < 1.29 is 9.63 Å². The molecule has 6 nitrogen and oxygen atoms in total. The first-order valence-corrected chi connectivity index (χ1v) is 9.02. The lowest BCUT2D eigenvalue weighted by Crippen LogP contribution is -2.29. The average molecular weight is 373 g/mol. The molecule has 0 atom stereocenters. The summed E-state index contributed by atoms with van der Waals surface area (Å²) < 4.78 is 0. The van der Waals surface area contributed by atoms with Crippen LogP contribution < -0.4 is 16.6 Å². The third kappa shape index (κ3) is 11.5. The molecule has 0 fully saturated rings. The first-order valence-electron chi connectivity index (χ1n) is 9.02. The van der Waals surface area contributed by atoms with Gasteiger partial charge in [-0.3, -0.25) is 16.1 Å². The Hall–Kier alpha value is -2.70. The lowest BCUT2D eigenvalue weighted by atomic mass is 10.1. The molecule has 0 aliphatic carbocycles. The number of oxime groups is 1. The van der Waals surface area contributed by atoms with Crippen LogP contribution in [0.2, 0.25) is 0 Å². The highest BCUT2D eigenvalue weighted by Gasteiger charge is 2.04. The van der Waals surface area contributed by atoms with Gasteiger partial charge in [-0.1, -0.05) is 56.3 Å². The molecule has 27 heavy (non-hydrogen) atoms. The number of nitrogens with one attached hydrogen (secondary N) is 2. The van der Waals surface area contributed by atoms with Crippen LogP contribution in [0.15, 0.2) is 59.8 Å². The number of hydrogen-bond donors (Lipinski definition) is 3. The van der Waals surface area contributed by atoms with E-state index in [1.165, 1.54) is 0 Å². The van der Waals surface area contributed by atoms with Crippen LogP contribution in [0, 0.1) is 0 Å². The molecule has 0 saturated carbocycles. The van der Waals surface area contributed by atoms with Gasteiger partial charge in [0.25, 0.3) is 5.91 Å². The summed E-state index contributed by atoms with van der Waals surface area (Å²) in [5.41, 5.74) is 5.48. The molecule has 0 bridgehead atoms. The Morgan fingerprint density at radius 3 is 2.30 bits per heavy atom. The van der Waals surface area contributed by atoms with Crippen molar-refractivity contribution >= 4 is 12.6 Å². The molecule has 2 aromatic rings. The quantitative estimate of drug-likeness (QED) is 0.393. The van der Waals surface area contributed by atoms with Crippen molar-refractivity contribution in [3.05, 3.63) is 71.3 Å². The number of rotatable bonds is 7. The van der Waals surface area contributed by atoms with Gasteiger partial charge >= 0.3 is 0 Å². The lowest BCUT2D eigenvalue weighted by Gasteiger charge is -2.07. The molecular formula is C21H32N4O2. The molecule has 0 aliphatic rings. The Morgan fingerprint density at radius 1 is 1.11 bits per heavy atom. The number of nitrogens with zero attached hydrogens (tertiary/aromatic N) is 1. The Morgan fingerprint density at radius 2 is 1.74 bits per heavy atom. The van der Waals surface area contributed by atoms with E-state index >= 15 is 0 Å². The molecule has 0 aromatic heterocycles. The summed E-state index contributed by atoms with van der Waals surface area (Å²) in [5.74, 6) is 5.19. The molecule has 0 saturated heterocycles. The number of amides is 1. The monoisotopic (exact) mass is 372 g/mol. The van der Waals surface area contributed by atoms with Crippen LogP contribution in [0.5, 0.6) is 0 Å². The summed E-state index contributed by atoms with van der Waals surface area (Å²) in [7, 11) is 0. The Kier molecular flexibility index (Phi) is 14.0. The normalized spacial score (nSPS) is 9.26. The highest BCUT2D eigenvalue weighted by atomic mass is 16.6. The molecule has 0 spiro atoms. The predicted octanol–water partition coefficient (Wildman–Crippen LogP) is 3.63. The summed E-state index contributed by atoms with van der Waals surface area (Å²) in [6.45, 7) is 12.2. The van der Waals surface area contributed by atoms with Crippen LogP contribution in [0.4, 0.5) is 0 Å². The molecule has 2 aromatic carbocycles. The van der Waals surface area contributed by atoms with E-state index in [1.54, 1.807) is 12.1 Å². The minimum absolute atomic E-state index is 0.00870. The van der Waals surface area contributed by atoms with E-state index in [1.807, 2.05) is 70.2 Å². The third-order valence-corrected chi connectivity index (χ3v) is 3.08. The maximum atomic E-state index is 11.3. The fourth-order valence-electron chi connectivity index (χ4n) is 2.00. The number of benzene rings is 2. The van der Waals surface area contributed by atoms with Crippen molar-refractivity contribution in [1.29, 1.82) is 0 Å². The van der Waals surface area contributed by atoms with Crippen molar-refractivity contribution in [2.45, 2.75) is 46.9 Å². The van der Waals surface area contributed by atoms with Gasteiger partial charge in [0.1, 0.15) is 6.61 Å². The molecule has 0 radical (unpaired) electrons. The largest absolute Gasteiger partial charge is 0.391 e. The molecular weight excluding hydrogens is 340 g/mol. The highest BCUT2D eigenvalue weighted by molar-refractivity contribution is 5.94. The smallest absolute Gasteiger partial charge is 0.251 e. The topological polar surface area (TPSA) is 88.7 Å². The second-order valence-corrected chi connectivity index (χ2v) is 5.60. The van der Waals surface area contributed by atoms with Gasteiger partial charge in [0.2, 0.25) is 0 Å². The fraction of sp³-hybridized carbons (Fsp3) is 0.333. The molecule has 0 unspecified atom stereocenters. The van der Waals surface area contributed by atoms with E-state index in [2.05, 4.69) is 22.6 Å². The van der Waals surface area contributed by atoms with Crippen LogP contribution in [0.25, 0.3) is 0 Å². The molecule has 0 aliphatic heterocycles. The standard InChI is InChI=1S/C10H13NO.C9H13N3O.C2H6/c1-8(2)11-10(12)9-6-4-3-5-7-9;1-11-13-7-9-4-2-3-8(5-9)6-12-10;1-2/h3-8H,1-2H3,(H,11,12);2-5,12H,1,6-7,10H2;1-2H3. The summed E-state index contributed by atoms with van der Waals surface area (Å²) >= 11 is 0. The van der Waals surface area contributed by atoms with E-state index in [9.17, 15) is 4.79 Å². The van der Waals surface area contributed by atoms with Gasteiger partial charge < -0.3 is 10.2 Å². The predicted molar refractivity (Wildman–Crippen MR) is 112 cm³/mol. The zero-order valence-electron chi connectivity index (χ0n) is 16.7. The zero-order chi connectivity index (χ0) is 20.5. The van der Waals surface area contributed by atoms with Crippen LogP contribution in [-0.2, 0) is 18.0 Å². The molecule has 4 N–H and O–H groups in total. The Balaban J connectivity index is 0.000000460. The number of hydrazine groups is 1. The van der Waals surface area contributed by atoms with E-state index in [4.69, 9.17) is 10.7 Å². The average Bonchev–Trinajstić information content (AvgIpc) is 2.69. The molecule has 1 amide bonds. The minimum atomic E-state index is -0.00870. The van der Waals surface area contributed by atoms with Crippen molar-refractivity contribution in [2.75, 3.05) is 0 Å². The zero-order valence-corrected chi connectivity index (χ0v) is 16.7. The van der Waals surface area contributed by atoms with Gasteiger partial charge in [0.05, 0.1) is 0 Å². The maximum absolute atomic E-state index is 11.3. The third-order valence-electron chi connectivity index (χ3n) is 3.08. The van der Waals surface area contributed by atoms with Crippen molar-refractivity contribution in [1.82, 2.24) is 10.7 Å². The Labute approximate surface area is 162 Å². The van der Waals surface area contributed by atoms with Gasteiger partial charge in [-0.15, -0.1) is 5.16 Å². The van der Waals surface area contributed by atoms with Crippen molar-refractivity contribution in [3.8, 4) is 0 Å². The van der Waals surface area contributed by atoms with Crippen molar-refractivity contribution in [2.24, 2.45) is 11.0 Å². The van der Waals surface area contributed by atoms with Crippen LogP contribution in [0.1, 0.15) is 49.2 Å². The summed E-state index contributed by atoms with van der Waals surface area (Å²) in [4.78, 5) is 16.2. The summed E-state index contributed by atoms with van der Waals surface area (Å²) in [6.07, 6.45) is 0. The molecule has 2 rings (SSSR count). The van der Waals surface area contributed by atoms with Crippen LogP contribution in [0.3, 0.4) is 0 Å². The molecule has 6 heteroatoms. The first-order chi connectivity index (χ1) is 13.1. The van der Waals surface area contributed by atoms with Gasteiger partial charge in [0, 0.05) is 24.9 Å². The SMILES string of the molecule is C=NOCc1cccc(CNN)c1.CC.CC(C)NC(=O)c1ccccc1. The van der Waals surface area contributed by atoms with Crippen LogP contribution >= 0.6 is 0 Å². The van der Waals surface area contributed by atoms with E-state index in [0.717, 1.165) is 11.1 Å². The first kappa shape index (κ1) is 24.3. The maximum Gasteiger partial charge on any atom is 0.251 e. The molecule has 148 valence electrons. The van der Waals surface area contributed by atoms with Gasteiger partial charge in [-0.2, -0.15) is 0 Å². The second-order valence-electron chi connectivity index (χ2n) is 5.60. The minimum Gasteiger partial charge on any atom is -0.391 e. The Bertz CT molecular complexity index is 646. The number of carbonyl (C=O) groups is 1. The van der Waals surface area contributed by atoms with Gasteiger partial charge in [0.15, 0.2) is 0 Å². The van der Waals surface area contributed by atoms with Gasteiger partial charge in [-0.25, -0.2) is 0 Å². The lowest BCUT2D eigenvalue weighted by molar-refractivity contribution is 0.0943. The highest BCUT2D eigenvalue weighted by Crippen LogP contribution is 2.06. The van der Waals surface area contributed by atoms with Crippen molar-refractivity contribution in [3.63, 3.8) is 0 Å². The van der Waals surface area contributed by atoms with Crippen LogP contribution in [-0.4, -0.2) is 18.7 Å². The van der Waals surface area contributed by atoms with E-state index in [-0.39, 0.29) is 11.9 Å². The number of hydrogen-bond acceptors (Lipinski definition) is 5.